The summed E-state index contributed by atoms with van der Waals surface area (Å²) in [7, 11) is 0. The molecule has 3 rings (SSSR count). The lowest BCUT2D eigenvalue weighted by molar-refractivity contribution is -0.133. The van der Waals surface area contributed by atoms with Crippen LogP contribution in [0.25, 0.3) is 5.57 Å². The van der Waals surface area contributed by atoms with Crippen molar-refractivity contribution in [2.24, 2.45) is 5.41 Å². The van der Waals surface area contributed by atoms with Gasteiger partial charge in [0.1, 0.15) is 16.4 Å². The number of nitrogens with zero attached hydrogens (tertiary/aromatic N) is 1. The van der Waals surface area contributed by atoms with Crippen molar-refractivity contribution in [1.29, 1.82) is 0 Å². The molecule has 0 unspecified atom stereocenters. The van der Waals surface area contributed by atoms with Gasteiger partial charge in [-0.1, -0.05) is 49.7 Å². The third-order valence-corrected chi connectivity index (χ3v) is 6.28. The van der Waals surface area contributed by atoms with Gasteiger partial charge in [0.05, 0.1) is 18.7 Å². The first-order chi connectivity index (χ1) is 17.2. The van der Waals surface area contributed by atoms with E-state index in [9.17, 15) is 23.5 Å². The molecule has 6 nitrogen and oxygen atoms in total. The number of rotatable bonds is 7. The molecular formula is C28H32ClF2NO5. The number of benzene rings is 2. The molecule has 1 aliphatic heterocycles. The number of amides is 1. The van der Waals surface area contributed by atoms with Crippen molar-refractivity contribution in [1.82, 2.24) is 4.90 Å². The van der Waals surface area contributed by atoms with Gasteiger partial charge in [-0.2, -0.15) is 0 Å². The van der Waals surface area contributed by atoms with E-state index in [1.54, 1.807) is 20.8 Å². The fraction of sp³-hybridized carbons (Fsp3) is 0.429. The van der Waals surface area contributed by atoms with Gasteiger partial charge in [-0.3, -0.25) is 0 Å². The van der Waals surface area contributed by atoms with Gasteiger partial charge in [-0.05, 0) is 62.4 Å². The van der Waals surface area contributed by atoms with E-state index >= 15 is 0 Å². The summed E-state index contributed by atoms with van der Waals surface area (Å²) >= 11 is 5.78. The number of carbonyl (C=O) groups excluding carboxylic acids is 1. The summed E-state index contributed by atoms with van der Waals surface area (Å²) in [4.78, 5) is 26.3. The fourth-order valence-electron chi connectivity index (χ4n) is 4.41. The highest BCUT2D eigenvalue weighted by atomic mass is 35.5. The van der Waals surface area contributed by atoms with E-state index in [2.05, 4.69) is 0 Å². The number of aryl methyl sites for hydroxylation is 1. The zero-order valence-corrected chi connectivity index (χ0v) is 22.4. The highest BCUT2D eigenvalue weighted by molar-refractivity contribution is 6.32. The number of aliphatic carboxylic acids is 1. The highest BCUT2D eigenvalue weighted by Gasteiger charge is 2.40. The molecule has 1 heterocycles. The minimum absolute atomic E-state index is 0.0543. The van der Waals surface area contributed by atoms with Crippen molar-refractivity contribution in [3.63, 3.8) is 0 Å². The van der Waals surface area contributed by atoms with Crippen molar-refractivity contribution >= 4 is 29.2 Å². The van der Waals surface area contributed by atoms with Gasteiger partial charge in [0.15, 0.2) is 11.6 Å². The molecule has 1 N–H and O–H groups in total. The molecule has 0 bridgehead atoms. The van der Waals surface area contributed by atoms with Gasteiger partial charge in [0.2, 0.25) is 0 Å². The lowest BCUT2D eigenvalue weighted by Gasteiger charge is -2.41. The zero-order chi connectivity index (χ0) is 27.5. The van der Waals surface area contributed by atoms with E-state index in [0.717, 1.165) is 23.3 Å². The van der Waals surface area contributed by atoms with Crippen LogP contribution in [0, 0.1) is 17.0 Å². The van der Waals surface area contributed by atoms with E-state index < -0.39 is 34.7 Å². The van der Waals surface area contributed by atoms with Crippen LogP contribution >= 0.6 is 11.6 Å². The van der Waals surface area contributed by atoms with Crippen molar-refractivity contribution in [3.8, 4) is 5.75 Å². The first kappa shape index (κ1) is 28.4. The van der Waals surface area contributed by atoms with Gasteiger partial charge in [0.25, 0.3) is 0 Å². The van der Waals surface area contributed by atoms with E-state index in [1.165, 1.54) is 4.90 Å². The Hall–Kier alpha value is -3.13. The summed E-state index contributed by atoms with van der Waals surface area (Å²) in [5, 5.41) is 9.59. The van der Waals surface area contributed by atoms with Crippen LogP contribution in [0.4, 0.5) is 13.6 Å². The summed E-state index contributed by atoms with van der Waals surface area (Å²) in [5.41, 5.74) is 1.24. The van der Waals surface area contributed by atoms with Crippen molar-refractivity contribution in [2.75, 3.05) is 19.7 Å². The molecule has 0 aliphatic carbocycles. The molecule has 1 aliphatic rings. The Bertz CT molecular complexity index is 1200. The molecule has 1 amide bonds. The maximum absolute atomic E-state index is 13.8. The minimum atomic E-state index is -1.08. The van der Waals surface area contributed by atoms with Gasteiger partial charge in [0, 0.05) is 12.0 Å². The standard InChI is InChI=1S/C28H32ClF2NO5/c1-27(2,3)37-26(35)32-15-19(25(33)34)22(28(4,5)16-32)18-10-8-17(9-11-18)7-6-14-36-24-21(31)13-12-20(30)23(24)29/h8-13H,6-7,14-16H2,1-5H3,(H,33,34). The maximum atomic E-state index is 13.8. The fourth-order valence-corrected chi connectivity index (χ4v) is 4.62. The number of ether oxygens (including phenoxy) is 2. The van der Waals surface area contributed by atoms with Crippen molar-refractivity contribution < 1.29 is 33.0 Å². The Morgan fingerprint density at radius 2 is 1.70 bits per heavy atom. The summed E-state index contributed by atoms with van der Waals surface area (Å²) < 4.78 is 38.2. The predicted octanol–water partition coefficient (Wildman–Crippen LogP) is 6.74. The first-order valence-electron chi connectivity index (χ1n) is 12.0. The summed E-state index contributed by atoms with van der Waals surface area (Å²) in [6, 6.07) is 9.43. The molecule has 0 aromatic heterocycles. The number of carboxylic acids is 1. The quantitative estimate of drug-likeness (QED) is 0.314. The smallest absolute Gasteiger partial charge is 0.410 e. The Labute approximate surface area is 220 Å². The minimum Gasteiger partial charge on any atom is -0.489 e. The average Bonchev–Trinajstić information content (AvgIpc) is 2.79. The van der Waals surface area contributed by atoms with Crippen LogP contribution in [0.3, 0.4) is 0 Å². The second kappa shape index (κ2) is 11.1. The van der Waals surface area contributed by atoms with Crippen LogP contribution in [0.15, 0.2) is 42.0 Å². The van der Waals surface area contributed by atoms with E-state index in [0.29, 0.717) is 25.0 Å². The summed E-state index contributed by atoms with van der Waals surface area (Å²) in [5.74, 6) is -2.85. The van der Waals surface area contributed by atoms with Crippen LogP contribution in [0.1, 0.15) is 52.2 Å². The number of hydrogen-bond donors (Lipinski definition) is 1. The maximum Gasteiger partial charge on any atom is 0.410 e. The Kier molecular flexibility index (Phi) is 8.52. The summed E-state index contributed by atoms with van der Waals surface area (Å²) in [6.45, 7) is 9.51. The molecule has 0 radical (unpaired) electrons. The molecule has 0 atom stereocenters. The zero-order valence-electron chi connectivity index (χ0n) is 21.7. The van der Waals surface area contributed by atoms with Gasteiger partial charge < -0.3 is 19.5 Å². The lowest BCUT2D eigenvalue weighted by Crippen LogP contribution is -2.47. The molecule has 0 fully saturated rings. The van der Waals surface area contributed by atoms with Crippen molar-refractivity contribution in [2.45, 2.75) is 53.1 Å². The van der Waals surface area contributed by atoms with Crippen molar-refractivity contribution in [3.05, 3.63) is 69.8 Å². The Balaban J connectivity index is 1.72. The van der Waals surface area contributed by atoms with Gasteiger partial charge in [-0.15, -0.1) is 0 Å². The molecule has 0 saturated heterocycles. The number of hydrogen-bond acceptors (Lipinski definition) is 4. The van der Waals surface area contributed by atoms with Crippen LogP contribution < -0.4 is 4.74 Å². The normalized spacial score (nSPS) is 15.5. The average molecular weight is 536 g/mol. The van der Waals surface area contributed by atoms with Crippen LogP contribution in [-0.2, 0) is 16.0 Å². The second-order valence-corrected chi connectivity index (χ2v) is 11.1. The highest BCUT2D eigenvalue weighted by Crippen LogP contribution is 2.42. The third-order valence-electron chi connectivity index (χ3n) is 5.92. The second-order valence-electron chi connectivity index (χ2n) is 10.7. The van der Waals surface area contributed by atoms with Crippen LogP contribution in [0.2, 0.25) is 5.02 Å². The molecule has 0 saturated carbocycles. The topological polar surface area (TPSA) is 76.1 Å². The third kappa shape index (κ3) is 7.01. The molecular weight excluding hydrogens is 504 g/mol. The lowest BCUT2D eigenvalue weighted by atomic mass is 9.74. The monoisotopic (exact) mass is 535 g/mol. The molecule has 200 valence electrons. The molecule has 2 aromatic rings. The molecule has 9 heteroatoms. The van der Waals surface area contributed by atoms with Gasteiger partial charge >= 0.3 is 12.1 Å². The first-order valence-corrected chi connectivity index (χ1v) is 12.4. The SMILES string of the molecule is CC(C)(C)OC(=O)N1CC(C(=O)O)=C(c2ccc(CCCOc3c(F)ccc(F)c3Cl)cc2)C(C)(C)C1. The Morgan fingerprint density at radius 1 is 1.08 bits per heavy atom. The largest absolute Gasteiger partial charge is 0.489 e. The molecule has 37 heavy (non-hydrogen) atoms. The Morgan fingerprint density at radius 3 is 2.30 bits per heavy atom. The predicted molar refractivity (Wildman–Crippen MR) is 138 cm³/mol. The van der Waals surface area contributed by atoms with Crippen LogP contribution in [0.5, 0.6) is 5.75 Å². The molecule has 0 spiro atoms. The summed E-state index contributed by atoms with van der Waals surface area (Å²) in [6.07, 6.45) is 0.593. The van der Waals surface area contributed by atoms with E-state index in [1.807, 2.05) is 38.1 Å². The van der Waals surface area contributed by atoms with E-state index in [-0.39, 0.29) is 29.5 Å². The molecule has 2 aromatic carbocycles. The number of carboxylic acid groups (broad SMARTS) is 1. The van der Waals surface area contributed by atoms with E-state index in [4.69, 9.17) is 21.1 Å². The van der Waals surface area contributed by atoms with Crippen LogP contribution in [-0.4, -0.2) is 47.4 Å². The van der Waals surface area contributed by atoms with Gasteiger partial charge in [-0.25, -0.2) is 18.4 Å². The number of halogens is 3. The number of carbonyl (C=O) groups is 2.